The van der Waals surface area contributed by atoms with Crippen LogP contribution in [0.4, 0.5) is 0 Å². The highest BCUT2D eigenvalue weighted by Gasteiger charge is 2.45. The number of thiocarbonyl (C=S) groups is 1. The molecule has 1 fully saturated rings. The minimum absolute atomic E-state index is 0.162. The van der Waals surface area contributed by atoms with Crippen LogP contribution in [-0.2, 0) is 4.74 Å². The van der Waals surface area contributed by atoms with Crippen molar-refractivity contribution in [3.05, 3.63) is 0 Å². The van der Waals surface area contributed by atoms with Gasteiger partial charge in [-0.25, -0.2) is 0 Å². The van der Waals surface area contributed by atoms with Crippen molar-refractivity contribution in [1.82, 2.24) is 0 Å². The van der Waals surface area contributed by atoms with E-state index in [1.165, 1.54) is 38.5 Å². The highest BCUT2D eigenvalue weighted by Crippen LogP contribution is 2.44. The molecule has 0 N–H and O–H groups in total. The quantitative estimate of drug-likeness (QED) is 0.513. The molecule has 0 aromatic carbocycles. The average Bonchev–Trinajstić information content (AvgIpc) is 2.86. The standard InChI is InChI=1S/C10H18OS2/c1-3-4-5-6-10(7-8-10)11-9(12)13-2/h3-8H2,1-2H3. The Bertz CT molecular complexity index is 176. The molecule has 0 radical (unpaired) electrons. The van der Waals surface area contributed by atoms with Crippen LogP contribution in [0.5, 0.6) is 0 Å². The summed E-state index contributed by atoms with van der Waals surface area (Å²) in [6, 6.07) is 0. The second-order valence-electron chi connectivity index (χ2n) is 3.70. The Hall–Kier alpha value is 0.240. The van der Waals surface area contributed by atoms with Crippen molar-refractivity contribution in [2.75, 3.05) is 6.26 Å². The third-order valence-electron chi connectivity index (χ3n) is 2.51. The Balaban J connectivity index is 2.18. The molecule has 13 heavy (non-hydrogen) atoms. The van der Waals surface area contributed by atoms with Crippen LogP contribution in [-0.4, -0.2) is 16.2 Å². The van der Waals surface area contributed by atoms with Crippen molar-refractivity contribution in [3.63, 3.8) is 0 Å². The first-order valence-electron chi connectivity index (χ1n) is 4.99. The maximum atomic E-state index is 5.74. The number of thioether (sulfide) groups is 1. The molecule has 0 unspecified atom stereocenters. The van der Waals surface area contributed by atoms with Crippen molar-refractivity contribution in [2.45, 2.75) is 51.0 Å². The fraction of sp³-hybridized carbons (Fsp3) is 0.900. The van der Waals surface area contributed by atoms with Crippen LogP contribution in [0.3, 0.4) is 0 Å². The zero-order valence-corrected chi connectivity index (χ0v) is 10.1. The SMILES string of the molecule is CCCCCC1(OC(=S)SC)CC1. The van der Waals surface area contributed by atoms with Gasteiger partial charge in [0.05, 0.1) is 0 Å². The maximum Gasteiger partial charge on any atom is 0.220 e. The lowest BCUT2D eigenvalue weighted by molar-refractivity contribution is 0.162. The van der Waals surface area contributed by atoms with E-state index in [0.29, 0.717) is 4.38 Å². The molecule has 0 aromatic rings. The summed E-state index contributed by atoms with van der Waals surface area (Å²) in [5, 5.41) is 0. The van der Waals surface area contributed by atoms with Gasteiger partial charge >= 0.3 is 0 Å². The van der Waals surface area contributed by atoms with Gasteiger partial charge in [-0.3, -0.25) is 0 Å². The topological polar surface area (TPSA) is 9.23 Å². The lowest BCUT2D eigenvalue weighted by atomic mass is 10.1. The monoisotopic (exact) mass is 218 g/mol. The van der Waals surface area contributed by atoms with E-state index in [1.54, 1.807) is 11.8 Å². The van der Waals surface area contributed by atoms with Crippen molar-refractivity contribution >= 4 is 28.4 Å². The third kappa shape index (κ3) is 3.86. The zero-order chi connectivity index (χ0) is 9.73. The molecular weight excluding hydrogens is 200 g/mol. The molecule has 0 spiro atoms. The van der Waals surface area contributed by atoms with Crippen molar-refractivity contribution in [1.29, 1.82) is 0 Å². The van der Waals surface area contributed by atoms with E-state index in [1.807, 2.05) is 6.26 Å². The van der Waals surface area contributed by atoms with Gasteiger partial charge in [0.25, 0.3) is 0 Å². The van der Waals surface area contributed by atoms with Gasteiger partial charge in [-0.2, -0.15) is 0 Å². The van der Waals surface area contributed by atoms with Gasteiger partial charge in [-0.1, -0.05) is 31.5 Å². The van der Waals surface area contributed by atoms with E-state index in [2.05, 4.69) is 6.92 Å². The molecule has 0 amide bonds. The molecule has 0 bridgehead atoms. The Morgan fingerprint density at radius 2 is 2.15 bits per heavy atom. The Kier molecular flexibility index (Phi) is 4.53. The molecule has 0 aliphatic heterocycles. The lowest BCUT2D eigenvalue weighted by Gasteiger charge is -2.16. The summed E-state index contributed by atoms with van der Waals surface area (Å²) in [7, 11) is 0. The number of ether oxygens (including phenoxy) is 1. The van der Waals surface area contributed by atoms with Crippen LogP contribution >= 0.6 is 24.0 Å². The van der Waals surface area contributed by atoms with Gasteiger partial charge in [0.1, 0.15) is 5.60 Å². The molecule has 0 heterocycles. The van der Waals surface area contributed by atoms with Crippen LogP contribution < -0.4 is 0 Å². The summed E-state index contributed by atoms with van der Waals surface area (Å²) in [5.41, 5.74) is 0.162. The van der Waals surface area contributed by atoms with Gasteiger partial charge < -0.3 is 4.74 Å². The minimum Gasteiger partial charge on any atom is -0.472 e. The molecule has 1 aliphatic rings. The fourth-order valence-corrected chi connectivity index (χ4v) is 1.90. The van der Waals surface area contributed by atoms with Crippen molar-refractivity contribution < 1.29 is 4.74 Å². The van der Waals surface area contributed by atoms with E-state index >= 15 is 0 Å². The van der Waals surface area contributed by atoms with E-state index < -0.39 is 0 Å². The molecular formula is C10H18OS2. The normalized spacial score (nSPS) is 18.3. The molecule has 76 valence electrons. The molecule has 0 saturated heterocycles. The van der Waals surface area contributed by atoms with Gasteiger partial charge in [0.2, 0.25) is 4.38 Å². The first-order valence-corrected chi connectivity index (χ1v) is 6.63. The smallest absolute Gasteiger partial charge is 0.220 e. The second-order valence-corrected chi connectivity index (χ2v) is 5.10. The van der Waals surface area contributed by atoms with Gasteiger partial charge in [0.15, 0.2) is 0 Å². The van der Waals surface area contributed by atoms with Crippen LogP contribution in [0.1, 0.15) is 45.4 Å². The van der Waals surface area contributed by atoms with Crippen LogP contribution in [0.15, 0.2) is 0 Å². The molecule has 3 heteroatoms. The summed E-state index contributed by atoms with van der Waals surface area (Å²) in [6.07, 6.45) is 9.47. The molecule has 1 nitrogen and oxygen atoms in total. The average molecular weight is 218 g/mol. The van der Waals surface area contributed by atoms with Crippen LogP contribution in [0.2, 0.25) is 0 Å². The van der Waals surface area contributed by atoms with Crippen molar-refractivity contribution in [2.24, 2.45) is 0 Å². The van der Waals surface area contributed by atoms with Gasteiger partial charge in [-0.05, 0) is 44.2 Å². The predicted molar refractivity (Wildman–Crippen MR) is 63.3 cm³/mol. The summed E-state index contributed by atoms with van der Waals surface area (Å²) in [5.74, 6) is 0. The lowest BCUT2D eigenvalue weighted by Crippen LogP contribution is -2.16. The number of unbranched alkanes of at least 4 members (excludes halogenated alkanes) is 2. The summed E-state index contributed by atoms with van der Waals surface area (Å²) in [4.78, 5) is 0. The first-order chi connectivity index (χ1) is 6.22. The Labute approximate surface area is 90.6 Å². The Morgan fingerprint density at radius 1 is 1.46 bits per heavy atom. The first kappa shape index (κ1) is 11.3. The third-order valence-corrected chi connectivity index (χ3v) is 3.51. The Morgan fingerprint density at radius 3 is 2.62 bits per heavy atom. The molecule has 0 atom stereocenters. The number of hydrogen-bond acceptors (Lipinski definition) is 3. The summed E-state index contributed by atoms with van der Waals surface area (Å²) >= 11 is 6.60. The van der Waals surface area contributed by atoms with E-state index in [9.17, 15) is 0 Å². The van der Waals surface area contributed by atoms with E-state index in [4.69, 9.17) is 17.0 Å². The van der Waals surface area contributed by atoms with Gasteiger partial charge in [-0.15, -0.1) is 0 Å². The van der Waals surface area contributed by atoms with Crippen LogP contribution in [0, 0.1) is 0 Å². The van der Waals surface area contributed by atoms with Crippen molar-refractivity contribution in [3.8, 4) is 0 Å². The van der Waals surface area contributed by atoms with E-state index in [-0.39, 0.29) is 5.60 Å². The van der Waals surface area contributed by atoms with Gasteiger partial charge in [0, 0.05) is 0 Å². The highest BCUT2D eigenvalue weighted by atomic mass is 32.2. The summed E-state index contributed by atoms with van der Waals surface area (Å²) < 4.78 is 6.46. The largest absolute Gasteiger partial charge is 0.472 e. The zero-order valence-electron chi connectivity index (χ0n) is 8.47. The minimum atomic E-state index is 0.162. The maximum absolute atomic E-state index is 5.74. The molecule has 1 saturated carbocycles. The number of rotatable bonds is 5. The molecule has 1 rings (SSSR count). The summed E-state index contributed by atoms with van der Waals surface area (Å²) in [6.45, 7) is 2.23. The fourth-order valence-electron chi connectivity index (χ4n) is 1.46. The van der Waals surface area contributed by atoms with E-state index in [0.717, 1.165) is 0 Å². The highest BCUT2D eigenvalue weighted by molar-refractivity contribution is 8.22. The van der Waals surface area contributed by atoms with Crippen LogP contribution in [0.25, 0.3) is 0 Å². The predicted octanol–water partition coefficient (Wildman–Crippen LogP) is 3.76. The molecule has 1 aliphatic carbocycles. The second kappa shape index (κ2) is 5.20. The number of hydrogen-bond donors (Lipinski definition) is 0. The molecule has 0 aromatic heterocycles.